The first kappa shape index (κ1) is 12.0. The Labute approximate surface area is 87.4 Å². The summed E-state index contributed by atoms with van der Waals surface area (Å²) in [4.78, 5) is 12.5. The summed E-state index contributed by atoms with van der Waals surface area (Å²) in [6, 6.07) is -0.750. The highest BCUT2D eigenvalue weighted by Gasteiger charge is 2.31. The van der Waals surface area contributed by atoms with Crippen LogP contribution in [0.2, 0.25) is 0 Å². The molecule has 82 valence electrons. The largest absolute Gasteiger partial charge is 0.480 e. The van der Waals surface area contributed by atoms with E-state index in [4.69, 9.17) is 5.11 Å². The van der Waals surface area contributed by atoms with E-state index in [1.807, 2.05) is 11.9 Å². The molecule has 0 spiro atoms. The second-order valence-electron chi connectivity index (χ2n) is 3.42. The van der Waals surface area contributed by atoms with Crippen molar-refractivity contribution in [3.63, 3.8) is 0 Å². The van der Waals surface area contributed by atoms with Gasteiger partial charge in [0.15, 0.2) is 0 Å². The number of carbonyl (C=O) groups is 1. The van der Waals surface area contributed by atoms with Crippen molar-refractivity contribution in [3.05, 3.63) is 0 Å². The number of hydrogen-bond donors (Lipinski definition) is 2. The average Bonchev–Trinajstić information content (AvgIpc) is 2.02. The molecule has 0 amide bonds. The Morgan fingerprint density at radius 3 is 2.86 bits per heavy atom. The molecule has 1 aliphatic rings. The molecule has 5 nitrogen and oxygen atoms in total. The van der Waals surface area contributed by atoms with Gasteiger partial charge >= 0.3 is 5.97 Å². The van der Waals surface area contributed by atoms with Crippen LogP contribution in [0.25, 0.3) is 0 Å². The topological polar surface area (TPSA) is 69.6 Å². The maximum atomic E-state index is 12.1. The highest BCUT2D eigenvalue weighted by atomic mass is 32.7. The summed E-state index contributed by atoms with van der Waals surface area (Å²) in [5.41, 5.74) is 0. The molecule has 0 bridgehead atoms. The normalized spacial score (nSPS) is 31.3. The minimum Gasteiger partial charge on any atom is -0.480 e. The standard InChI is InChI=1S/C7H15N2O3PS/c1-6(7(10)11)8-13(12)5-9(2)3-4-14-13/h6H,3-5H2,1-2H3,(H,8,12)(H,10,11). The van der Waals surface area contributed by atoms with Crippen molar-refractivity contribution in [1.82, 2.24) is 9.99 Å². The predicted molar refractivity (Wildman–Crippen MR) is 57.8 cm³/mol. The van der Waals surface area contributed by atoms with Gasteiger partial charge in [0.05, 0.1) is 6.29 Å². The molecule has 14 heavy (non-hydrogen) atoms. The zero-order chi connectivity index (χ0) is 10.8. The molecule has 1 saturated heterocycles. The lowest BCUT2D eigenvalue weighted by Gasteiger charge is -2.30. The Morgan fingerprint density at radius 2 is 2.36 bits per heavy atom. The van der Waals surface area contributed by atoms with Gasteiger partial charge in [0.2, 0.25) is 6.49 Å². The smallest absolute Gasteiger partial charge is 0.320 e. The number of nitrogens with zero attached hydrogens (tertiary/aromatic N) is 1. The van der Waals surface area contributed by atoms with Gasteiger partial charge in [-0.3, -0.25) is 14.3 Å². The Balaban J connectivity index is 2.57. The maximum Gasteiger partial charge on any atom is 0.320 e. The fourth-order valence-electron chi connectivity index (χ4n) is 1.20. The molecule has 2 unspecified atom stereocenters. The third-order valence-corrected chi connectivity index (χ3v) is 6.84. The average molecular weight is 238 g/mol. The molecular weight excluding hydrogens is 223 g/mol. The lowest BCUT2D eigenvalue weighted by atomic mass is 10.4. The maximum absolute atomic E-state index is 12.1. The minimum absolute atomic E-state index is 0.440. The number of nitrogens with one attached hydrogen (secondary N) is 1. The van der Waals surface area contributed by atoms with E-state index in [0.29, 0.717) is 6.29 Å². The van der Waals surface area contributed by atoms with Crippen molar-refractivity contribution < 1.29 is 14.5 Å². The van der Waals surface area contributed by atoms with Gasteiger partial charge in [-0.05, 0) is 14.0 Å². The summed E-state index contributed by atoms with van der Waals surface area (Å²) in [7, 11) is 1.89. The molecule has 1 fully saturated rings. The van der Waals surface area contributed by atoms with Crippen LogP contribution in [0.1, 0.15) is 6.92 Å². The summed E-state index contributed by atoms with van der Waals surface area (Å²) < 4.78 is 12.1. The van der Waals surface area contributed by atoms with Crippen LogP contribution in [-0.4, -0.2) is 47.6 Å². The van der Waals surface area contributed by atoms with Crippen LogP contribution in [-0.2, 0) is 9.36 Å². The van der Waals surface area contributed by atoms with Gasteiger partial charge in [-0.25, -0.2) is 5.09 Å². The van der Waals surface area contributed by atoms with Crippen LogP contribution in [0.15, 0.2) is 0 Å². The van der Waals surface area contributed by atoms with E-state index in [-0.39, 0.29) is 0 Å². The number of carboxylic acid groups (broad SMARTS) is 1. The molecule has 0 aromatic rings. The first-order valence-corrected chi connectivity index (χ1v) is 7.84. The van der Waals surface area contributed by atoms with E-state index in [1.54, 1.807) is 0 Å². The molecule has 0 aromatic heterocycles. The third kappa shape index (κ3) is 3.28. The molecule has 0 radical (unpaired) electrons. The molecule has 1 rings (SSSR count). The highest BCUT2D eigenvalue weighted by molar-refractivity contribution is 8.57. The Morgan fingerprint density at radius 1 is 1.71 bits per heavy atom. The van der Waals surface area contributed by atoms with Gasteiger partial charge in [-0.15, -0.1) is 0 Å². The predicted octanol–water partition coefficient (Wildman–Crippen LogP) is 0.878. The van der Waals surface area contributed by atoms with Crippen molar-refractivity contribution >= 4 is 23.8 Å². The number of aliphatic carboxylic acids is 1. The van der Waals surface area contributed by atoms with Crippen LogP contribution < -0.4 is 5.09 Å². The molecule has 2 atom stereocenters. The van der Waals surface area contributed by atoms with Crippen LogP contribution in [0.4, 0.5) is 0 Å². The van der Waals surface area contributed by atoms with Gasteiger partial charge < -0.3 is 5.11 Å². The molecule has 2 N–H and O–H groups in total. The van der Waals surface area contributed by atoms with Gasteiger partial charge in [-0.1, -0.05) is 11.4 Å². The number of rotatable bonds is 3. The number of hydrogen-bond acceptors (Lipinski definition) is 4. The molecule has 0 aromatic carbocycles. The van der Waals surface area contributed by atoms with E-state index >= 15 is 0 Å². The van der Waals surface area contributed by atoms with Gasteiger partial charge in [0.1, 0.15) is 6.04 Å². The lowest BCUT2D eigenvalue weighted by molar-refractivity contribution is -0.138. The summed E-state index contributed by atoms with van der Waals surface area (Å²) in [6.45, 7) is -0.156. The molecule has 1 heterocycles. The Bertz CT molecular complexity index is 274. The second kappa shape index (κ2) is 4.66. The van der Waals surface area contributed by atoms with Crippen molar-refractivity contribution in [3.8, 4) is 0 Å². The SMILES string of the molecule is CC(NP1(=O)CN(C)CCS1)C(=O)O. The van der Waals surface area contributed by atoms with Crippen LogP contribution >= 0.6 is 17.9 Å². The first-order valence-electron chi connectivity index (χ1n) is 4.36. The third-order valence-electron chi connectivity index (χ3n) is 1.96. The van der Waals surface area contributed by atoms with Crippen molar-refractivity contribution in [2.45, 2.75) is 13.0 Å². The zero-order valence-electron chi connectivity index (χ0n) is 8.27. The van der Waals surface area contributed by atoms with Crippen LogP contribution in [0.5, 0.6) is 0 Å². The van der Waals surface area contributed by atoms with Gasteiger partial charge in [-0.2, -0.15) is 0 Å². The van der Waals surface area contributed by atoms with E-state index in [2.05, 4.69) is 5.09 Å². The monoisotopic (exact) mass is 238 g/mol. The minimum atomic E-state index is -2.57. The van der Waals surface area contributed by atoms with Gasteiger partial charge in [0, 0.05) is 12.3 Å². The Kier molecular flexibility index (Phi) is 4.01. The summed E-state index contributed by atoms with van der Waals surface area (Å²) >= 11 is 1.35. The van der Waals surface area contributed by atoms with E-state index in [0.717, 1.165) is 12.3 Å². The Hall–Kier alpha value is -0.0300. The zero-order valence-corrected chi connectivity index (χ0v) is 9.98. The second-order valence-corrected chi connectivity index (χ2v) is 8.52. The first-order chi connectivity index (χ1) is 6.43. The van der Waals surface area contributed by atoms with E-state index in [9.17, 15) is 9.36 Å². The molecule has 7 heteroatoms. The summed E-state index contributed by atoms with van der Waals surface area (Å²) in [6.07, 6.45) is 0.440. The van der Waals surface area contributed by atoms with Crippen molar-refractivity contribution in [1.29, 1.82) is 0 Å². The van der Waals surface area contributed by atoms with Crippen LogP contribution in [0.3, 0.4) is 0 Å². The van der Waals surface area contributed by atoms with Gasteiger partial charge in [0.25, 0.3) is 0 Å². The fourth-order valence-corrected chi connectivity index (χ4v) is 6.27. The summed E-state index contributed by atoms with van der Waals surface area (Å²) in [5.74, 6) is -0.179. The van der Waals surface area contributed by atoms with Crippen molar-refractivity contribution in [2.24, 2.45) is 0 Å². The molecule has 0 aliphatic carbocycles. The van der Waals surface area contributed by atoms with E-state index in [1.165, 1.54) is 18.3 Å². The van der Waals surface area contributed by atoms with E-state index < -0.39 is 18.5 Å². The lowest BCUT2D eigenvalue weighted by Crippen LogP contribution is -2.36. The highest BCUT2D eigenvalue weighted by Crippen LogP contribution is 2.57. The molecular formula is C7H15N2O3PS. The van der Waals surface area contributed by atoms with Crippen LogP contribution in [0, 0.1) is 0 Å². The van der Waals surface area contributed by atoms with Crippen molar-refractivity contribution in [2.75, 3.05) is 25.6 Å². The molecule has 0 saturated carbocycles. The summed E-state index contributed by atoms with van der Waals surface area (Å²) in [5, 5.41) is 11.4. The number of carboxylic acids is 1. The fraction of sp³-hybridized carbons (Fsp3) is 0.857. The molecule has 1 aliphatic heterocycles. The quantitative estimate of drug-likeness (QED) is 0.711.